The van der Waals surface area contributed by atoms with Gasteiger partial charge in [-0.25, -0.2) is 0 Å². The quantitative estimate of drug-likeness (QED) is 0.624. The van der Waals surface area contributed by atoms with Crippen molar-refractivity contribution in [3.8, 4) is 0 Å². The molecule has 0 rings (SSSR count). The molecule has 10 heavy (non-hydrogen) atoms. The van der Waals surface area contributed by atoms with Gasteiger partial charge in [0.1, 0.15) is 0 Å². The molecule has 0 spiro atoms. The van der Waals surface area contributed by atoms with Crippen LogP contribution in [0.5, 0.6) is 0 Å². The molecule has 61 valence electrons. The van der Waals surface area contributed by atoms with Gasteiger partial charge < -0.3 is 0 Å². The Morgan fingerprint density at radius 2 is 2.00 bits per heavy atom. The molecule has 1 radical (unpaired) electrons. The zero-order valence-corrected chi connectivity index (χ0v) is 7.50. The summed E-state index contributed by atoms with van der Waals surface area (Å²) in [5, 5.41) is 0. The first-order valence-corrected chi connectivity index (χ1v) is 4.88. The van der Waals surface area contributed by atoms with Crippen LogP contribution in [0.4, 0.5) is 0 Å². The van der Waals surface area contributed by atoms with Crippen LogP contribution >= 0.6 is 10.7 Å². The molecule has 0 aliphatic heterocycles. The summed E-state index contributed by atoms with van der Waals surface area (Å²) in [5.41, 5.74) is -0.429. The standard InChI is InChI=1S/C5H10ClO3S/c1-5(2,3)4-9-10(6,7)8/h1,4H2,2-3H3. The van der Waals surface area contributed by atoms with Crippen molar-refractivity contribution in [1.82, 2.24) is 0 Å². The lowest BCUT2D eigenvalue weighted by molar-refractivity contribution is 0.231. The SMILES string of the molecule is [CH2]C(C)(C)COS(=O)(=O)Cl. The highest BCUT2D eigenvalue weighted by Crippen LogP contribution is 2.14. The Morgan fingerprint density at radius 3 is 2.10 bits per heavy atom. The minimum atomic E-state index is -3.83. The van der Waals surface area contributed by atoms with Crippen LogP contribution in [-0.2, 0) is 13.5 Å². The maximum absolute atomic E-state index is 10.2. The molecule has 0 heterocycles. The maximum Gasteiger partial charge on any atom is 0.355 e. The van der Waals surface area contributed by atoms with E-state index >= 15 is 0 Å². The van der Waals surface area contributed by atoms with Gasteiger partial charge in [-0.1, -0.05) is 13.8 Å². The molecule has 0 aliphatic carbocycles. The van der Waals surface area contributed by atoms with Crippen LogP contribution in [0.2, 0.25) is 0 Å². The fourth-order valence-electron chi connectivity index (χ4n) is 0.230. The smallest absolute Gasteiger partial charge is 0.257 e. The lowest BCUT2D eigenvalue weighted by Gasteiger charge is -2.15. The monoisotopic (exact) mass is 185 g/mol. The Bertz CT molecular complexity index is 189. The summed E-state index contributed by atoms with van der Waals surface area (Å²) < 4.78 is 24.7. The second-order valence-electron chi connectivity index (χ2n) is 2.82. The lowest BCUT2D eigenvalue weighted by atomic mass is 9.99. The van der Waals surface area contributed by atoms with Gasteiger partial charge in [0.05, 0.1) is 6.61 Å². The van der Waals surface area contributed by atoms with Crippen molar-refractivity contribution in [2.45, 2.75) is 13.8 Å². The summed E-state index contributed by atoms with van der Waals surface area (Å²) in [5.74, 6) is 0. The van der Waals surface area contributed by atoms with Crippen LogP contribution in [0.15, 0.2) is 0 Å². The topological polar surface area (TPSA) is 43.4 Å². The van der Waals surface area contributed by atoms with Crippen molar-refractivity contribution in [1.29, 1.82) is 0 Å². The second kappa shape index (κ2) is 3.07. The van der Waals surface area contributed by atoms with Crippen LogP contribution in [0.25, 0.3) is 0 Å². The Balaban J connectivity index is 3.79. The number of halogens is 1. The molecule has 0 amide bonds. The van der Waals surface area contributed by atoms with E-state index < -0.39 is 14.7 Å². The van der Waals surface area contributed by atoms with Gasteiger partial charge in [0.25, 0.3) is 0 Å². The van der Waals surface area contributed by atoms with Crippen molar-refractivity contribution in [2.75, 3.05) is 6.61 Å². The molecular weight excluding hydrogens is 176 g/mol. The summed E-state index contributed by atoms with van der Waals surface area (Å²) in [6.07, 6.45) is 0. The average molecular weight is 186 g/mol. The van der Waals surface area contributed by atoms with E-state index in [1.54, 1.807) is 13.8 Å². The maximum atomic E-state index is 10.2. The zero-order chi connectivity index (χ0) is 8.41. The van der Waals surface area contributed by atoms with Gasteiger partial charge in [0, 0.05) is 10.7 Å². The summed E-state index contributed by atoms with van der Waals surface area (Å²) in [4.78, 5) is 0. The first kappa shape index (κ1) is 10.2. The minimum absolute atomic E-state index is 0.00116. The van der Waals surface area contributed by atoms with Gasteiger partial charge in [-0.05, 0) is 12.3 Å². The van der Waals surface area contributed by atoms with E-state index in [-0.39, 0.29) is 6.61 Å². The number of rotatable bonds is 3. The molecule has 0 saturated carbocycles. The summed E-state index contributed by atoms with van der Waals surface area (Å²) in [6.45, 7) is 7.11. The molecule has 0 N–H and O–H groups in total. The molecule has 0 bridgehead atoms. The van der Waals surface area contributed by atoms with Crippen LogP contribution in [-0.4, -0.2) is 15.0 Å². The van der Waals surface area contributed by atoms with Crippen LogP contribution < -0.4 is 0 Å². The molecule has 0 aromatic rings. The molecule has 0 aliphatic rings. The van der Waals surface area contributed by atoms with Gasteiger partial charge in [-0.15, -0.1) is 0 Å². The van der Waals surface area contributed by atoms with Crippen LogP contribution in [0, 0.1) is 12.3 Å². The molecule has 0 unspecified atom stereocenters. The normalized spacial score (nSPS) is 13.6. The summed E-state index contributed by atoms with van der Waals surface area (Å²) in [6, 6.07) is 0. The fourth-order valence-corrected chi connectivity index (χ4v) is 0.823. The molecule has 5 heteroatoms. The fraction of sp³-hybridized carbons (Fsp3) is 0.800. The van der Waals surface area contributed by atoms with Crippen molar-refractivity contribution >= 4 is 20.0 Å². The third kappa shape index (κ3) is 8.20. The van der Waals surface area contributed by atoms with E-state index in [2.05, 4.69) is 11.1 Å². The van der Waals surface area contributed by atoms with Gasteiger partial charge >= 0.3 is 9.33 Å². The Kier molecular flexibility index (Phi) is 3.13. The molecule has 0 aromatic heterocycles. The molecule has 0 atom stereocenters. The van der Waals surface area contributed by atoms with Crippen LogP contribution in [0.1, 0.15) is 13.8 Å². The predicted octanol–water partition coefficient (Wildman–Crippen LogP) is 1.35. The lowest BCUT2D eigenvalue weighted by Crippen LogP contribution is -2.16. The second-order valence-corrected chi connectivity index (χ2v) is 4.98. The van der Waals surface area contributed by atoms with Crippen molar-refractivity contribution in [2.24, 2.45) is 5.41 Å². The molecular formula is C5H10ClO3S. The van der Waals surface area contributed by atoms with E-state index in [4.69, 9.17) is 10.7 Å². The highest BCUT2D eigenvalue weighted by atomic mass is 35.7. The third-order valence-electron chi connectivity index (χ3n) is 0.590. The van der Waals surface area contributed by atoms with Gasteiger partial charge in [0.15, 0.2) is 0 Å². The van der Waals surface area contributed by atoms with Crippen LogP contribution in [0.3, 0.4) is 0 Å². The zero-order valence-electron chi connectivity index (χ0n) is 5.93. The predicted molar refractivity (Wildman–Crippen MR) is 39.9 cm³/mol. The van der Waals surface area contributed by atoms with E-state index in [0.717, 1.165) is 0 Å². The molecule has 0 saturated heterocycles. The van der Waals surface area contributed by atoms with Crippen molar-refractivity contribution in [3.05, 3.63) is 6.92 Å². The minimum Gasteiger partial charge on any atom is -0.257 e. The highest BCUT2D eigenvalue weighted by Gasteiger charge is 2.15. The molecule has 3 nitrogen and oxygen atoms in total. The Hall–Kier alpha value is 0.200. The highest BCUT2D eigenvalue weighted by molar-refractivity contribution is 8.09. The van der Waals surface area contributed by atoms with E-state index in [9.17, 15) is 8.42 Å². The number of hydrogen-bond acceptors (Lipinski definition) is 3. The molecule has 0 fully saturated rings. The van der Waals surface area contributed by atoms with Gasteiger partial charge in [-0.3, -0.25) is 4.18 Å². The summed E-state index contributed by atoms with van der Waals surface area (Å²) >= 11 is 0. The first-order chi connectivity index (χ1) is 4.21. The Morgan fingerprint density at radius 1 is 1.60 bits per heavy atom. The van der Waals surface area contributed by atoms with Crippen molar-refractivity contribution < 1.29 is 12.6 Å². The Labute approximate surface area is 66.0 Å². The average Bonchev–Trinajstić information content (AvgIpc) is 1.57. The third-order valence-corrected chi connectivity index (χ3v) is 1.26. The number of hydrogen-bond donors (Lipinski definition) is 0. The largest absolute Gasteiger partial charge is 0.355 e. The van der Waals surface area contributed by atoms with E-state index in [1.165, 1.54) is 0 Å². The van der Waals surface area contributed by atoms with E-state index in [1.807, 2.05) is 0 Å². The summed E-state index contributed by atoms with van der Waals surface area (Å²) in [7, 11) is 0.936. The first-order valence-electron chi connectivity index (χ1n) is 2.65. The molecule has 0 aromatic carbocycles. The van der Waals surface area contributed by atoms with Crippen molar-refractivity contribution in [3.63, 3.8) is 0 Å². The van der Waals surface area contributed by atoms with E-state index in [0.29, 0.717) is 0 Å². The van der Waals surface area contributed by atoms with Gasteiger partial charge in [-0.2, -0.15) is 8.42 Å². The van der Waals surface area contributed by atoms with Gasteiger partial charge in [0.2, 0.25) is 0 Å².